The first-order valence-electron chi connectivity index (χ1n) is 6.96. The largest absolute Gasteiger partial charge is 0.337 e. The van der Waals surface area contributed by atoms with Crippen LogP contribution in [0.2, 0.25) is 0 Å². The van der Waals surface area contributed by atoms with E-state index in [1.54, 1.807) is 4.90 Å². The molecule has 0 unspecified atom stereocenters. The predicted octanol–water partition coefficient (Wildman–Crippen LogP) is 0.136. The lowest BCUT2D eigenvalue weighted by Crippen LogP contribution is -2.51. The highest BCUT2D eigenvalue weighted by molar-refractivity contribution is 5.98. The second-order valence-corrected chi connectivity index (χ2v) is 5.71. The highest BCUT2D eigenvalue weighted by Crippen LogP contribution is 2.40. The summed E-state index contributed by atoms with van der Waals surface area (Å²) in [7, 11) is 0. The van der Waals surface area contributed by atoms with Crippen LogP contribution >= 0.6 is 0 Å². The van der Waals surface area contributed by atoms with Crippen molar-refractivity contribution in [3.63, 3.8) is 0 Å². The van der Waals surface area contributed by atoms with Crippen molar-refractivity contribution >= 4 is 17.7 Å². The van der Waals surface area contributed by atoms with Gasteiger partial charge in [0.05, 0.1) is 6.20 Å². The van der Waals surface area contributed by atoms with E-state index in [4.69, 9.17) is 0 Å². The number of piperidine rings is 2. The molecular weight excluding hydrogens is 272 g/mol. The van der Waals surface area contributed by atoms with E-state index in [2.05, 4.69) is 15.3 Å². The molecule has 2 saturated heterocycles. The fourth-order valence-corrected chi connectivity index (χ4v) is 3.10. The smallest absolute Gasteiger partial charge is 0.274 e. The van der Waals surface area contributed by atoms with Gasteiger partial charge in [0.2, 0.25) is 11.8 Å². The fourth-order valence-electron chi connectivity index (χ4n) is 3.10. The Labute approximate surface area is 121 Å². The van der Waals surface area contributed by atoms with Crippen molar-refractivity contribution in [1.29, 1.82) is 0 Å². The van der Waals surface area contributed by atoms with E-state index in [1.807, 2.05) is 0 Å². The molecule has 7 nitrogen and oxygen atoms in total. The van der Waals surface area contributed by atoms with E-state index < -0.39 is 0 Å². The van der Waals surface area contributed by atoms with Gasteiger partial charge in [0.15, 0.2) is 0 Å². The summed E-state index contributed by atoms with van der Waals surface area (Å²) in [6.07, 6.45) is 6.52. The van der Waals surface area contributed by atoms with Gasteiger partial charge in [0.25, 0.3) is 5.91 Å². The molecule has 0 aromatic carbocycles. The van der Waals surface area contributed by atoms with Crippen LogP contribution in [0.1, 0.15) is 36.2 Å². The summed E-state index contributed by atoms with van der Waals surface area (Å²) in [6, 6.07) is 0. The Kier molecular flexibility index (Phi) is 3.40. The van der Waals surface area contributed by atoms with E-state index in [0.29, 0.717) is 44.5 Å². The summed E-state index contributed by atoms with van der Waals surface area (Å²) in [5.41, 5.74) is 0.0457. The van der Waals surface area contributed by atoms with E-state index in [0.717, 1.165) is 0 Å². The normalized spacial score (nSPS) is 21.2. The Morgan fingerprint density at radius 3 is 2.38 bits per heavy atom. The third kappa shape index (κ3) is 2.76. The molecule has 0 aliphatic carbocycles. The molecule has 1 spiro atoms. The molecular formula is C14H16N4O3. The minimum atomic E-state index is -0.279. The molecule has 0 radical (unpaired) electrons. The summed E-state index contributed by atoms with van der Waals surface area (Å²) >= 11 is 0. The molecule has 2 fully saturated rings. The van der Waals surface area contributed by atoms with Gasteiger partial charge in [0.1, 0.15) is 5.69 Å². The Morgan fingerprint density at radius 1 is 1.14 bits per heavy atom. The maximum atomic E-state index is 12.3. The zero-order valence-electron chi connectivity index (χ0n) is 11.5. The number of aromatic nitrogens is 2. The van der Waals surface area contributed by atoms with Gasteiger partial charge >= 0.3 is 0 Å². The maximum Gasteiger partial charge on any atom is 0.274 e. The number of imide groups is 1. The number of amides is 3. The minimum Gasteiger partial charge on any atom is -0.337 e. The minimum absolute atomic E-state index is 0.149. The number of hydrogen-bond acceptors (Lipinski definition) is 5. The van der Waals surface area contributed by atoms with Crippen LogP contribution in [0.3, 0.4) is 0 Å². The number of nitrogens with one attached hydrogen (secondary N) is 1. The van der Waals surface area contributed by atoms with Crippen molar-refractivity contribution in [2.45, 2.75) is 25.7 Å². The summed E-state index contributed by atoms with van der Waals surface area (Å²) in [5.74, 6) is -0.565. The van der Waals surface area contributed by atoms with Crippen LogP contribution in [-0.2, 0) is 9.59 Å². The molecule has 2 aliphatic rings. The molecule has 0 saturated carbocycles. The SMILES string of the molecule is O=C1CC2(CCN(C(=O)c3cnccn3)CC2)CC(=O)N1. The average molecular weight is 288 g/mol. The lowest BCUT2D eigenvalue weighted by atomic mass is 9.71. The topological polar surface area (TPSA) is 92.3 Å². The van der Waals surface area contributed by atoms with Crippen LogP contribution in [0, 0.1) is 5.41 Å². The first-order valence-corrected chi connectivity index (χ1v) is 6.96. The van der Waals surface area contributed by atoms with Crippen LogP contribution in [-0.4, -0.2) is 45.7 Å². The number of carbonyl (C=O) groups excluding carboxylic acids is 3. The van der Waals surface area contributed by atoms with Crippen LogP contribution in [0.15, 0.2) is 18.6 Å². The van der Waals surface area contributed by atoms with Gasteiger partial charge in [-0.2, -0.15) is 0 Å². The quantitative estimate of drug-likeness (QED) is 0.742. The third-order valence-electron chi connectivity index (χ3n) is 4.24. The molecule has 110 valence electrons. The number of likely N-dealkylation sites (tertiary alicyclic amines) is 1. The second-order valence-electron chi connectivity index (χ2n) is 5.71. The van der Waals surface area contributed by atoms with Gasteiger partial charge < -0.3 is 4.90 Å². The first kappa shape index (κ1) is 13.7. The van der Waals surface area contributed by atoms with Crippen LogP contribution in [0.5, 0.6) is 0 Å². The lowest BCUT2D eigenvalue weighted by Gasteiger charge is -2.42. The first-order chi connectivity index (χ1) is 10.1. The van der Waals surface area contributed by atoms with Gasteiger partial charge in [-0.05, 0) is 18.3 Å². The van der Waals surface area contributed by atoms with E-state index in [-0.39, 0.29) is 23.1 Å². The molecule has 1 aromatic heterocycles. The summed E-state index contributed by atoms with van der Waals surface area (Å²) in [5, 5.41) is 2.33. The Balaban J connectivity index is 1.66. The molecule has 3 amide bonds. The molecule has 0 bridgehead atoms. The lowest BCUT2D eigenvalue weighted by molar-refractivity contribution is -0.139. The second kappa shape index (κ2) is 5.23. The zero-order chi connectivity index (χ0) is 14.9. The number of hydrogen-bond donors (Lipinski definition) is 1. The molecule has 21 heavy (non-hydrogen) atoms. The zero-order valence-corrected chi connectivity index (χ0v) is 11.5. The van der Waals surface area contributed by atoms with E-state index >= 15 is 0 Å². The van der Waals surface area contributed by atoms with Crippen molar-refractivity contribution < 1.29 is 14.4 Å². The number of rotatable bonds is 1. The molecule has 2 aliphatic heterocycles. The van der Waals surface area contributed by atoms with Crippen LogP contribution in [0.25, 0.3) is 0 Å². The predicted molar refractivity (Wildman–Crippen MR) is 72.0 cm³/mol. The van der Waals surface area contributed by atoms with Crippen LogP contribution in [0.4, 0.5) is 0 Å². The molecule has 1 aromatic rings. The summed E-state index contributed by atoms with van der Waals surface area (Å²) in [4.78, 5) is 45.0. The van der Waals surface area contributed by atoms with Crippen LogP contribution < -0.4 is 5.32 Å². The van der Waals surface area contributed by atoms with E-state index in [9.17, 15) is 14.4 Å². The molecule has 3 rings (SSSR count). The molecule has 0 atom stereocenters. The Morgan fingerprint density at radius 2 is 1.81 bits per heavy atom. The Hall–Kier alpha value is -2.31. The maximum absolute atomic E-state index is 12.3. The molecule has 3 heterocycles. The van der Waals surface area contributed by atoms with Crippen molar-refractivity contribution in [3.05, 3.63) is 24.3 Å². The highest BCUT2D eigenvalue weighted by Gasteiger charge is 2.42. The fraction of sp³-hybridized carbons (Fsp3) is 0.500. The van der Waals surface area contributed by atoms with E-state index in [1.165, 1.54) is 18.6 Å². The van der Waals surface area contributed by atoms with Crippen molar-refractivity contribution in [3.8, 4) is 0 Å². The highest BCUT2D eigenvalue weighted by atomic mass is 16.2. The van der Waals surface area contributed by atoms with Crippen molar-refractivity contribution in [1.82, 2.24) is 20.2 Å². The van der Waals surface area contributed by atoms with Gasteiger partial charge in [-0.1, -0.05) is 0 Å². The van der Waals surface area contributed by atoms with Gasteiger partial charge in [0, 0.05) is 38.3 Å². The van der Waals surface area contributed by atoms with Crippen molar-refractivity contribution in [2.24, 2.45) is 5.41 Å². The molecule has 1 N–H and O–H groups in total. The molecule has 7 heteroatoms. The summed E-state index contributed by atoms with van der Waals surface area (Å²) < 4.78 is 0. The summed E-state index contributed by atoms with van der Waals surface area (Å²) in [6.45, 7) is 1.08. The monoisotopic (exact) mass is 288 g/mol. The Bertz CT molecular complexity index is 561. The van der Waals surface area contributed by atoms with Gasteiger partial charge in [-0.25, -0.2) is 4.98 Å². The number of carbonyl (C=O) groups is 3. The standard InChI is InChI=1S/C14H16N4O3/c19-11-7-14(8-12(20)17-11)1-5-18(6-2-14)13(21)10-9-15-3-4-16-10/h3-4,9H,1-2,5-8H2,(H,17,19,20). The third-order valence-corrected chi connectivity index (χ3v) is 4.24. The van der Waals surface area contributed by atoms with Gasteiger partial charge in [-0.3, -0.25) is 24.7 Å². The average Bonchev–Trinajstić information content (AvgIpc) is 2.47. The van der Waals surface area contributed by atoms with Crippen molar-refractivity contribution in [2.75, 3.05) is 13.1 Å². The number of nitrogens with zero attached hydrogens (tertiary/aromatic N) is 3. The van der Waals surface area contributed by atoms with Gasteiger partial charge in [-0.15, -0.1) is 0 Å².